The van der Waals surface area contributed by atoms with Gasteiger partial charge in [0, 0.05) is 19.7 Å². The highest BCUT2D eigenvalue weighted by Crippen LogP contribution is 2.23. The highest BCUT2D eigenvalue weighted by Gasteiger charge is 2.30. The maximum Gasteiger partial charge on any atom is 0.255 e. The van der Waals surface area contributed by atoms with E-state index in [2.05, 4.69) is 10.6 Å². The average Bonchev–Trinajstić information content (AvgIpc) is 2.57. The van der Waals surface area contributed by atoms with Crippen molar-refractivity contribution in [3.8, 4) is 0 Å². The zero-order chi connectivity index (χ0) is 18.4. The Morgan fingerprint density at radius 1 is 1.16 bits per heavy atom. The fourth-order valence-corrected chi connectivity index (χ4v) is 2.58. The van der Waals surface area contributed by atoms with Crippen molar-refractivity contribution in [1.82, 2.24) is 5.32 Å². The van der Waals surface area contributed by atoms with Crippen LogP contribution in [0.2, 0.25) is 0 Å². The molecule has 1 atom stereocenters. The summed E-state index contributed by atoms with van der Waals surface area (Å²) < 4.78 is 19.4. The molecule has 2 amide bonds. The summed E-state index contributed by atoms with van der Waals surface area (Å²) in [5, 5.41) is 5.37. The summed E-state index contributed by atoms with van der Waals surface area (Å²) in [7, 11) is 1.53. The lowest BCUT2D eigenvalue weighted by Crippen LogP contribution is -2.47. The first-order chi connectivity index (χ1) is 11.9. The molecule has 0 aliphatic rings. The third-order valence-corrected chi connectivity index (χ3v) is 3.76. The molecule has 6 heteroatoms. The molecule has 0 fully saturated rings. The quantitative estimate of drug-likeness (QED) is 0.846. The zero-order valence-corrected chi connectivity index (χ0v) is 14.4. The van der Waals surface area contributed by atoms with E-state index >= 15 is 0 Å². The molecule has 0 radical (unpaired) electrons. The number of carbonyl (C=O) groups is 2. The van der Waals surface area contributed by atoms with Crippen LogP contribution in [0.3, 0.4) is 0 Å². The maximum atomic E-state index is 14.1. The van der Waals surface area contributed by atoms with Crippen molar-refractivity contribution in [1.29, 1.82) is 0 Å². The Morgan fingerprint density at radius 2 is 1.84 bits per heavy atom. The number of methoxy groups -OCH3 is 1. The third-order valence-electron chi connectivity index (χ3n) is 3.76. The van der Waals surface area contributed by atoms with Gasteiger partial charge in [0.2, 0.25) is 5.91 Å². The second kappa shape index (κ2) is 7.90. The molecule has 2 aromatic rings. The minimum atomic E-state index is -0.830. The molecule has 2 N–H and O–H groups in total. The first-order valence-electron chi connectivity index (χ1n) is 7.80. The lowest BCUT2D eigenvalue weighted by molar-refractivity contribution is -0.114. The zero-order valence-electron chi connectivity index (χ0n) is 14.4. The SMILES string of the molecule is COCC(C)(NC(=O)c1cc(NC(C)=O)ccc1F)c1ccccc1. The number of anilines is 1. The van der Waals surface area contributed by atoms with Gasteiger partial charge in [-0.05, 0) is 30.7 Å². The average molecular weight is 344 g/mol. The van der Waals surface area contributed by atoms with E-state index in [9.17, 15) is 14.0 Å². The Morgan fingerprint density at radius 3 is 2.44 bits per heavy atom. The number of amides is 2. The molecule has 2 rings (SSSR count). The predicted molar refractivity (Wildman–Crippen MR) is 93.8 cm³/mol. The lowest BCUT2D eigenvalue weighted by Gasteiger charge is -2.31. The Bertz CT molecular complexity index is 765. The fourth-order valence-electron chi connectivity index (χ4n) is 2.58. The topological polar surface area (TPSA) is 67.4 Å². The molecule has 132 valence electrons. The van der Waals surface area contributed by atoms with Crippen LogP contribution < -0.4 is 10.6 Å². The van der Waals surface area contributed by atoms with Crippen molar-refractivity contribution in [3.05, 3.63) is 65.5 Å². The molecular weight excluding hydrogens is 323 g/mol. The van der Waals surface area contributed by atoms with Crippen LogP contribution in [-0.2, 0) is 15.1 Å². The minimum Gasteiger partial charge on any atom is -0.382 e. The summed E-state index contributed by atoms with van der Waals surface area (Å²) in [6.07, 6.45) is 0. The molecule has 0 saturated heterocycles. The molecule has 0 heterocycles. The predicted octanol–water partition coefficient (Wildman–Crippen LogP) is 3.08. The Labute approximate surface area is 146 Å². The minimum absolute atomic E-state index is 0.149. The van der Waals surface area contributed by atoms with Crippen LogP contribution >= 0.6 is 0 Å². The van der Waals surface area contributed by atoms with Gasteiger partial charge >= 0.3 is 0 Å². The summed E-state index contributed by atoms with van der Waals surface area (Å²) in [6.45, 7) is 3.36. The molecule has 2 aromatic carbocycles. The first kappa shape index (κ1) is 18.6. The first-order valence-corrected chi connectivity index (χ1v) is 7.80. The Kier molecular flexibility index (Phi) is 5.88. The molecule has 0 aliphatic heterocycles. The molecular formula is C19H21FN2O3. The second-order valence-corrected chi connectivity index (χ2v) is 5.96. The van der Waals surface area contributed by atoms with Gasteiger partial charge in [0.1, 0.15) is 5.82 Å². The van der Waals surface area contributed by atoms with Crippen molar-refractivity contribution in [2.24, 2.45) is 0 Å². The van der Waals surface area contributed by atoms with E-state index < -0.39 is 17.3 Å². The number of halogens is 1. The summed E-state index contributed by atoms with van der Waals surface area (Å²) in [5.41, 5.74) is 0.212. The van der Waals surface area contributed by atoms with E-state index in [-0.39, 0.29) is 18.1 Å². The van der Waals surface area contributed by atoms with E-state index in [4.69, 9.17) is 4.74 Å². The molecule has 1 unspecified atom stereocenters. The second-order valence-electron chi connectivity index (χ2n) is 5.96. The van der Waals surface area contributed by atoms with Gasteiger partial charge in [-0.25, -0.2) is 4.39 Å². The highest BCUT2D eigenvalue weighted by atomic mass is 19.1. The number of rotatable bonds is 6. The standard InChI is InChI=1S/C19H21FN2O3/c1-13(23)21-15-9-10-17(20)16(11-15)18(24)22-19(2,12-25-3)14-7-5-4-6-8-14/h4-11H,12H2,1-3H3,(H,21,23)(H,22,24). The van der Waals surface area contributed by atoms with Crippen molar-refractivity contribution < 1.29 is 18.7 Å². The Hall–Kier alpha value is -2.73. The normalized spacial score (nSPS) is 13.0. The van der Waals surface area contributed by atoms with Gasteiger partial charge in [0.15, 0.2) is 0 Å². The van der Waals surface area contributed by atoms with Crippen molar-refractivity contribution >= 4 is 17.5 Å². The summed E-state index contributed by atoms with van der Waals surface area (Å²) in [5.74, 6) is -1.56. The van der Waals surface area contributed by atoms with Crippen LogP contribution in [0.4, 0.5) is 10.1 Å². The molecule has 0 spiro atoms. The number of benzene rings is 2. The fraction of sp³-hybridized carbons (Fsp3) is 0.263. The van der Waals surface area contributed by atoms with Gasteiger partial charge in [-0.3, -0.25) is 9.59 Å². The van der Waals surface area contributed by atoms with E-state index in [0.29, 0.717) is 5.69 Å². The molecule has 0 bridgehead atoms. The molecule has 0 aliphatic carbocycles. The third kappa shape index (κ3) is 4.64. The van der Waals surface area contributed by atoms with Gasteiger partial charge in [0.05, 0.1) is 17.7 Å². The van der Waals surface area contributed by atoms with Gasteiger partial charge in [-0.2, -0.15) is 0 Å². The molecule has 25 heavy (non-hydrogen) atoms. The largest absolute Gasteiger partial charge is 0.382 e. The number of ether oxygens (including phenoxy) is 1. The molecule has 0 saturated carbocycles. The van der Waals surface area contributed by atoms with Gasteiger partial charge in [0.25, 0.3) is 5.91 Å². The highest BCUT2D eigenvalue weighted by molar-refractivity contribution is 5.97. The lowest BCUT2D eigenvalue weighted by atomic mass is 9.92. The number of carbonyl (C=O) groups excluding carboxylic acids is 2. The summed E-state index contributed by atoms with van der Waals surface area (Å²) >= 11 is 0. The summed E-state index contributed by atoms with van der Waals surface area (Å²) in [6, 6.07) is 13.2. The van der Waals surface area contributed by atoms with Crippen LogP contribution in [0.15, 0.2) is 48.5 Å². The Balaban J connectivity index is 2.31. The van der Waals surface area contributed by atoms with Crippen LogP contribution in [0.5, 0.6) is 0 Å². The van der Waals surface area contributed by atoms with Gasteiger partial charge in [-0.1, -0.05) is 30.3 Å². The van der Waals surface area contributed by atoms with Crippen LogP contribution in [0, 0.1) is 5.82 Å². The van der Waals surface area contributed by atoms with E-state index in [0.717, 1.165) is 11.6 Å². The molecule has 0 aromatic heterocycles. The smallest absolute Gasteiger partial charge is 0.255 e. The van der Waals surface area contributed by atoms with Crippen molar-refractivity contribution in [2.45, 2.75) is 19.4 Å². The van der Waals surface area contributed by atoms with Crippen molar-refractivity contribution in [3.63, 3.8) is 0 Å². The maximum absolute atomic E-state index is 14.1. The van der Waals surface area contributed by atoms with E-state index in [1.807, 2.05) is 30.3 Å². The summed E-state index contributed by atoms with van der Waals surface area (Å²) in [4.78, 5) is 23.8. The van der Waals surface area contributed by atoms with Crippen molar-refractivity contribution in [2.75, 3.05) is 19.0 Å². The van der Waals surface area contributed by atoms with Crippen LogP contribution in [-0.4, -0.2) is 25.5 Å². The van der Waals surface area contributed by atoms with Crippen LogP contribution in [0.1, 0.15) is 29.8 Å². The van der Waals surface area contributed by atoms with Gasteiger partial charge in [-0.15, -0.1) is 0 Å². The monoisotopic (exact) mass is 344 g/mol. The van der Waals surface area contributed by atoms with Crippen LogP contribution in [0.25, 0.3) is 0 Å². The van der Waals surface area contributed by atoms with Gasteiger partial charge < -0.3 is 15.4 Å². The number of hydrogen-bond acceptors (Lipinski definition) is 3. The molecule has 5 nitrogen and oxygen atoms in total. The number of nitrogens with one attached hydrogen (secondary N) is 2. The van der Waals surface area contributed by atoms with E-state index in [1.165, 1.54) is 26.2 Å². The number of hydrogen-bond donors (Lipinski definition) is 2. The van der Waals surface area contributed by atoms with E-state index in [1.54, 1.807) is 6.92 Å².